The molecule has 1 aromatic rings. The number of benzene rings is 1. The van der Waals surface area contributed by atoms with Gasteiger partial charge in [-0.15, -0.1) is 0 Å². The van der Waals surface area contributed by atoms with E-state index in [9.17, 15) is 0 Å². The lowest BCUT2D eigenvalue weighted by Gasteiger charge is -2.39. The van der Waals surface area contributed by atoms with Crippen LogP contribution in [0.25, 0.3) is 0 Å². The molecule has 0 spiro atoms. The average Bonchev–Trinajstić information content (AvgIpc) is 3.21. The monoisotopic (exact) mass is 283 g/mol. The molecule has 0 amide bonds. The van der Waals surface area contributed by atoms with Crippen LogP contribution in [-0.4, -0.2) is 18.0 Å². The minimum atomic E-state index is 0.275. The van der Waals surface area contributed by atoms with E-state index < -0.39 is 0 Å². The zero-order chi connectivity index (χ0) is 14.6. The number of hydrogen-bond donors (Lipinski definition) is 0. The van der Waals surface area contributed by atoms with Crippen LogP contribution >= 0.6 is 0 Å². The number of aryl methyl sites for hydroxylation is 1. The molecule has 0 aromatic heterocycles. The third-order valence-electron chi connectivity index (χ3n) is 5.71. The normalized spacial score (nSPS) is 25.8. The van der Waals surface area contributed by atoms with E-state index >= 15 is 0 Å². The van der Waals surface area contributed by atoms with Crippen LogP contribution in [0.15, 0.2) is 12.1 Å². The lowest BCUT2D eigenvalue weighted by molar-refractivity contribution is 0.211. The molecule has 0 unspecified atom stereocenters. The van der Waals surface area contributed by atoms with Gasteiger partial charge in [0.15, 0.2) is 0 Å². The van der Waals surface area contributed by atoms with Crippen molar-refractivity contribution in [3.8, 4) is 0 Å². The van der Waals surface area contributed by atoms with E-state index in [1.54, 1.807) is 22.3 Å². The second kappa shape index (κ2) is 4.84. The van der Waals surface area contributed by atoms with Gasteiger partial charge < -0.3 is 0 Å². The molecule has 1 fully saturated rings. The highest BCUT2D eigenvalue weighted by atomic mass is 15.1. The van der Waals surface area contributed by atoms with Gasteiger partial charge in [-0.3, -0.25) is 4.90 Å². The third kappa shape index (κ3) is 2.65. The fourth-order valence-electron chi connectivity index (χ4n) is 4.36. The molecule has 1 nitrogen and oxygen atoms in total. The van der Waals surface area contributed by atoms with E-state index in [1.165, 1.54) is 51.7 Å². The van der Waals surface area contributed by atoms with Crippen molar-refractivity contribution in [3.63, 3.8) is 0 Å². The summed E-state index contributed by atoms with van der Waals surface area (Å²) >= 11 is 0. The fraction of sp³-hybridized carbons (Fsp3) is 0.700. The Labute approximate surface area is 129 Å². The average molecular weight is 283 g/mol. The van der Waals surface area contributed by atoms with Crippen molar-refractivity contribution < 1.29 is 0 Å². The molecule has 21 heavy (non-hydrogen) atoms. The van der Waals surface area contributed by atoms with Gasteiger partial charge in [-0.05, 0) is 71.6 Å². The molecular formula is C20H29N. The van der Waals surface area contributed by atoms with E-state index in [4.69, 9.17) is 0 Å². The van der Waals surface area contributed by atoms with E-state index in [-0.39, 0.29) is 5.41 Å². The first kappa shape index (κ1) is 13.8. The summed E-state index contributed by atoms with van der Waals surface area (Å²) in [6.07, 6.45) is 7.06. The quantitative estimate of drug-likeness (QED) is 0.765. The Bertz CT molecular complexity index is 548. The van der Waals surface area contributed by atoms with Gasteiger partial charge in [0.2, 0.25) is 0 Å². The Morgan fingerprint density at radius 2 is 1.86 bits per heavy atom. The van der Waals surface area contributed by atoms with Crippen molar-refractivity contribution in [2.45, 2.75) is 70.8 Å². The summed E-state index contributed by atoms with van der Waals surface area (Å²) < 4.78 is 0. The Hall–Kier alpha value is -0.820. The maximum atomic E-state index is 2.76. The molecule has 1 aliphatic heterocycles. The van der Waals surface area contributed by atoms with Gasteiger partial charge in [0.05, 0.1) is 0 Å². The molecule has 1 heteroatoms. The maximum absolute atomic E-state index is 2.76. The van der Waals surface area contributed by atoms with Gasteiger partial charge in [0.25, 0.3) is 0 Å². The van der Waals surface area contributed by atoms with Gasteiger partial charge >= 0.3 is 0 Å². The predicted molar refractivity (Wildman–Crippen MR) is 88.8 cm³/mol. The molecule has 1 heterocycles. The molecule has 0 N–H and O–H groups in total. The topological polar surface area (TPSA) is 3.24 Å². The largest absolute Gasteiger partial charge is 0.298 e. The lowest BCUT2D eigenvalue weighted by atomic mass is 9.74. The van der Waals surface area contributed by atoms with Gasteiger partial charge in [-0.25, -0.2) is 0 Å². The number of hydrogen-bond acceptors (Lipinski definition) is 1. The summed E-state index contributed by atoms with van der Waals surface area (Å²) in [7, 11) is 0. The second-order valence-corrected chi connectivity index (χ2v) is 8.68. The van der Waals surface area contributed by atoms with Gasteiger partial charge in [-0.1, -0.05) is 32.9 Å². The highest BCUT2D eigenvalue weighted by Gasteiger charge is 2.33. The summed E-state index contributed by atoms with van der Waals surface area (Å²) in [6.45, 7) is 10.9. The van der Waals surface area contributed by atoms with Gasteiger partial charge in [-0.2, -0.15) is 0 Å². The molecule has 1 atom stereocenters. The Morgan fingerprint density at radius 1 is 1.10 bits per heavy atom. The van der Waals surface area contributed by atoms with Crippen LogP contribution < -0.4 is 0 Å². The highest BCUT2D eigenvalue weighted by Crippen LogP contribution is 2.42. The van der Waals surface area contributed by atoms with Crippen LogP contribution in [0.3, 0.4) is 0 Å². The number of nitrogens with zero attached hydrogens (tertiary/aromatic N) is 1. The Balaban J connectivity index is 1.72. The van der Waals surface area contributed by atoms with Crippen molar-refractivity contribution in [1.82, 2.24) is 4.90 Å². The molecular weight excluding hydrogens is 254 g/mol. The van der Waals surface area contributed by atoms with Crippen molar-refractivity contribution in [3.05, 3.63) is 34.4 Å². The Kier molecular flexibility index (Phi) is 3.19. The van der Waals surface area contributed by atoms with Crippen LogP contribution in [0.5, 0.6) is 0 Å². The molecule has 2 aliphatic carbocycles. The van der Waals surface area contributed by atoms with Gasteiger partial charge in [0, 0.05) is 19.6 Å². The number of rotatable bonds is 2. The summed E-state index contributed by atoms with van der Waals surface area (Å²) in [4.78, 5) is 2.76. The van der Waals surface area contributed by atoms with Gasteiger partial charge in [0.1, 0.15) is 0 Å². The zero-order valence-corrected chi connectivity index (χ0v) is 13.9. The van der Waals surface area contributed by atoms with Crippen LogP contribution in [-0.2, 0) is 18.4 Å². The maximum Gasteiger partial charge on any atom is 0.0237 e. The molecule has 114 valence electrons. The lowest BCUT2D eigenvalue weighted by Crippen LogP contribution is -2.37. The molecule has 1 saturated carbocycles. The zero-order valence-electron chi connectivity index (χ0n) is 13.9. The smallest absolute Gasteiger partial charge is 0.0237 e. The first-order valence-electron chi connectivity index (χ1n) is 8.89. The predicted octanol–water partition coefficient (Wildman–Crippen LogP) is 4.63. The van der Waals surface area contributed by atoms with Crippen molar-refractivity contribution in [2.75, 3.05) is 13.1 Å². The van der Waals surface area contributed by atoms with Crippen molar-refractivity contribution in [1.29, 1.82) is 0 Å². The van der Waals surface area contributed by atoms with E-state index in [2.05, 4.69) is 37.8 Å². The van der Waals surface area contributed by atoms with Crippen LogP contribution in [0, 0.1) is 5.92 Å². The SMILES string of the molecule is CC(C)(C)c1cc2c3c(c1)CN(CC1CC1)C[C@@H]3CCC2. The van der Waals surface area contributed by atoms with Crippen molar-refractivity contribution >= 4 is 0 Å². The summed E-state index contributed by atoms with van der Waals surface area (Å²) in [5, 5.41) is 0. The minimum Gasteiger partial charge on any atom is -0.298 e. The molecule has 3 aliphatic rings. The minimum absolute atomic E-state index is 0.275. The fourth-order valence-corrected chi connectivity index (χ4v) is 4.36. The van der Waals surface area contributed by atoms with E-state index in [0.717, 1.165) is 11.8 Å². The third-order valence-corrected chi connectivity index (χ3v) is 5.71. The van der Waals surface area contributed by atoms with Crippen LogP contribution in [0.2, 0.25) is 0 Å². The summed E-state index contributed by atoms with van der Waals surface area (Å²) in [6, 6.07) is 5.07. The van der Waals surface area contributed by atoms with E-state index in [0.29, 0.717) is 0 Å². The van der Waals surface area contributed by atoms with Crippen molar-refractivity contribution in [2.24, 2.45) is 5.92 Å². The molecule has 1 aromatic carbocycles. The molecule has 4 rings (SSSR count). The Morgan fingerprint density at radius 3 is 2.57 bits per heavy atom. The standard InChI is InChI=1S/C20H29N/c1-20(2,3)18-9-15-5-4-6-16-12-21(11-14-7-8-14)13-17(10-18)19(15)16/h9-10,14,16H,4-8,11-13H2,1-3H3/t16-/m0/s1. The van der Waals surface area contributed by atoms with Crippen LogP contribution in [0.4, 0.5) is 0 Å². The molecule has 0 saturated heterocycles. The van der Waals surface area contributed by atoms with Crippen LogP contribution in [0.1, 0.15) is 74.6 Å². The summed E-state index contributed by atoms with van der Waals surface area (Å²) in [5.41, 5.74) is 6.91. The first-order chi connectivity index (χ1) is 10.0. The molecule has 0 bridgehead atoms. The molecule has 0 radical (unpaired) electrons. The summed E-state index contributed by atoms with van der Waals surface area (Å²) in [5.74, 6) is 1.84. The van der Waals surface area contributed by atoms with E-state index in [1.807, 2.05) is 0 Å². The highest BCUT2D eigenvalue weighted by molar-refractivity contribution is 5.46. The first-order valence-corrected chi connectivity index (χ1v) is 8.89. The second-order valence-electron chi connectivity index (χ2n) is 8.68.